The van der Waals surface area contributed by atoms with Gasteiger partial charge in [-0.15, -0.1) is 11.3 Å². The summed E-state index contributed by atoms with van der Waals surface area (Å²) in [6.45, 7) is 4.02. The molecule has 15 heavy (non-hydrogen) atoms. The van der Waals surface area contributed by atoms with Crippen LogP contribution in [0.5, 0.6) is 0 Å². The van der Waals surface area contributed by atoms with E-state index in [1.54, 1.807) is 11.3 Å². The third kappa shape index (κ3) is 3.00. The predicted octanol–water partition coefficient (Wildman–Crippen LogP) is 1.67. The van der Waals surface area contributed by atoms with Crippen molar-refractivity contribution in [3.8, 4) is 0 Å². The van der Waals surface area contributed by atoms with Crippen LogP contribution in [0.25, 0.3) is 0 Å². The molecule has 0 aliphatic heterocycles. The highest BCUT2D eigenvalue weighted by Crippen LogP contribution is 2.23. The minimum Gasteiger partial charge on any atom is -0.327 e. The molecule has 1 aliphatic rings. The van der Waals surface area contributed by atoms with Crippen molar-refractivity contribution in [3.05, 3.63) is 16.1 Å². The average Bonchev–Trinajstić information content (AvgIpc) is 2.77. The third-order valence-electron chi connectivity index (χ3n) is 3.07. The van der Waals surface area contributed by atoms with E-state index >= 15 is 0 Å². The van der Waals surface area contributed by atoms with Gasteiger partial charge in [-0.25, -0.2) is 4.98 Å². The fourth-order valence-electron chi connectivity index (χ4n) is 2.17. The lowest BCUT2D eigenvalue weighted by molar-refractivity contribution is 0.441. The second kappa shape index (κ2) is 5.05. The van der Waals surface area contributed by atoms with Gasteiger partial charge in [-0.05, 0) is 32.2 Å². The maximum Gasteiger partial charge on any atom is 0.107 e. The van der Waals surface area contributed by atoms with E-state index in [0.717, 1.165) is 13.1 Å². The first-order valence-electron chi connectivity index (χ1n) is 5.63. The topological polar surface area (TPSA) is 50.9 Å². The zero-order valence-electron chi connectivity index (χ0n) is 9.20. The van der Waals surface area contributed by atoms with Crippen molar-refractivity contribution in [2.45, 2.75) is 38.8 Å². The summed E-state index contributed by atoms with van der Waals surface area (Å²) in [6.07, 6.45) is 5.71. The largest absolute Gasteiger partial charge is 0.327 e. The number of nitrogens with one attached hydrogen (secondary N) is 1. The van der Waals surface area contributed by atoms with Crippen molar-refractivity contribution < 1.29 is 0 Å². The summed E-state index contributed by atoms with van der Waals surface area (Å²) < 4.78 is 0. The van der Waals surface area contributed by atoms with Crippen molar-refractivity contribution in [1.29, 1.82) is 0 Å². The van der Waals surface area contributed by atoms with Gasteiger partial charge in [-0.2, -0.15) is 0 Å². The molecule has 2 atom stereocenters. The first kappa shape index (κ1) is 11.0. The Bertz CT molecular complexity index is 311. The van der Waals surface area contributed by atoms with E-state index < -0.39 is 0 Å². The van der Waals surface area contributed by atoms with E-state index in [1.807, 2.05) is 6.20 Å². The summed E-state index contributed by atoms with van der Waals surface area (Å²) in [5.41, 5.74) is 6.01. The molecule has 1 aromatic rings. The van der Waals surface area contributed by atoms with Gasteiger partial charge in [0, 0.05) is 23.7 Å². The van der Waals surface area contributed by atoms with E-state index in [-0.39, 0.29) is 0 Å². The number of hydrogen-bond acceptors (Lipinski definition) is 4. The molecule has 0 radical (unpaired) electrons. The highest BCUT2D eigenvalue weighted by atomic mass is 32.1. The molecule has 0 amide bonds. The number of thiazole rings is 1. The molecular formula is C11H19N3S. The Morgan fingerprint density at radius 1 is 1.60 bits per heavy atom. The van der Waals surface area contributed by atoms with Gasteiger partial charge < -0.3 is 11.1 Å². The maximum absolute atomic E-state index is 6.01. The SMILES string of the molecule is Cc1cnc(CNCC2CCCC2N)s1. The number of nitrogens with zero attached hydrogens (tertiary/aromatic N) is 1. The fourth-order valence-corrected chi connectivity index (χ4v) is 2.92. The third-order valence-corrected chi connectivity index (χ3v) is 3.98. The van der Waals surface area contributed by atoms with Crippen molar-refractivity contribution in [1.82, 2.24) is 10.3 Å². The van der Waals surface area contributed by atoms with Gasteiger partial charge in [-0.1, -0.05) is 6.42 Å². The number of aromatic nitrogens is 1. The van der Waals surface area contributed by atoms with Gasteiger partial charge >= 0.3 is 0 Å². The lowest BCUT2D eigenvalue weighted by atomic mass is 10.1. The fraction of sp³-hybridized carbons (Fsp3) is 0.727. The standard InChI is InChI=1S/C11H19N3S/c1-8-5-14-11(15-8)7-13-6-9-3-2-4-10(9)12/h5,9-10,13H,2-4,6-7,12H2,1H3. The zero-order valence-corrected chi connectivity index (χ0v) is 10.0. The molecule has 1 aromatic heterocycles. The summed E-state index contributed by atoms with van der Waals surface area (Å²) in [5, 5.41) is 4.63. The highest BCUT2D eigenvalue weighted by Gasteiger charge is 2.23. The molecule has 1 fully saturated rings. The van der Waals surface area contributed by atoms with Gasteiger partial charge in [0.25, 0.3) is 0 Å². The van der Waals surface area contributed by atoms with E-state index in [9.17, 15) is 0 Å². The molecule has 3 nitrogen and oxygen atoms in total. The molecule has 1 aliphatic carbocycles. The second-order valence-electron chi connectivity index (χ2n) is 4.35. The zero-order chi connectivity index (χ0) is 10.7. The summed E-state index contributed by atoms with van der Waals surface area (Å²) in [7, 11) is 0. The van der Waals surface area contributed by atoms with Crippen LogP contribution >= 0.6 is 11.3 Å². The Morgan fingerprint density at radius 3 is 3.07 bits per heavy atom. The highest BCUT2D eigenvalue weighted by molar-refractivity contribution is 7.11. The van der Waals surface area contributed by atoms with Crippen LogP contribution in [0.3, 0.4) is 0 Å². The van der Waals surface area contributed by atoms with Crippen molar-refractivity contribution in [3.63, 3.8) is 0 Å². The molecule has 1 heterocycles. The molecule has 84 valence electrons. The Morgan fingerprint density at radius 2 is 2.47 bits per heavy atom. The first-order chi connectivity index (χ1) is 7.25. The predicted molar refractivity (Wildman–Crippen MR) is 63.9 cm³/mol. The molecule has 4 heteroatoms. The number of rotatable bonds is 4. The van der Waals surface area contributed by atoms with Crippen molar-refractivity contribution >= 4 is 11.3 Å². The Balaban J connectivity index is 1.70. The molecule has 3 N–H and O–H groups in total. The Kier molecular flexibility index (Phi) is 3.72. The minimum atomic E-state index is 0.413. The molecular weight excluding hydrogens is 206 g/mol. The first-order valence-corrected chi connectivity index (χ1v) is 6.45. The summed E-state index contributed by atoms with van der Waals surface area (Å²) in [6, 6.07) is 0.413. The minimum absolute atomic E-state index is 0.413. The monoisotopic (exact) mass is 225 g/mol. The van der Waals surface area contributed by atoms with Crippen LogP contribution < -0.4 is 11.1 Å². The second-order valence-corrected chi connectivity index (χ2v) is 5.67. The Labute approximate surface area is 95.1 Å². The average molecular weight is 225 g/mol. The van der Waals surface area contributed by atoms with Crippen molar-refractivity contribution in [2.75, 3.05) is 6.54 Å². The normalized spacial score (nSPS) is 26.0. The van der Waals surface area contributed by atoms with Crippen molar-refractivity contribution in [2.24, 2.45) is 11.7 Å². The lowest BCUT2D eigenvalue weighted by Crippen LogP contribution is -2.32. The quantitative estimate of drug-likeness (QED) is 0.819. The number of aryl methyl sites for hydroxylation is 1. The number of nitrogens with two attached hydrogens (primary N) is 1. The molecule has 2 unspecified atom stereocenters. The summed E-state index contributed by atoms with van der Waals surface area (Å²) in [5.74, 6) is 0.672. The molecule has 0 bridgehead atoms. The molecule has 0 spiro atoms. The van der Waals surface area contributed by atoms with Gasteiger partial charge in [0.05, 0.1) is 0 Å². The van der Waals surface area contributed by atoms with Gasteiger partial charge in [-0.3, -0.25) is 0 Å². The summed E-state index contributed by atoms with van der Waals surface area (Å²) in [4.78, 5) is 5.61. The maximum atomic E-state index is 6.01. The van der Waals surface area contributed by atoms with E-state index in [1.165, 1.54) is 29.1 Å². The van der Waals surface area contributed by atoms with Crippen LogP contribution in [0.4, 0.5) is 0 Å². The molecule has 0 aromatic carbocycles. The van der Waals surface area contributed by atoms with Gasteiger partial charge in [0.1, 0.15) is 5.01 Å². The molecule has 2 rings (SSSR count). The van der Waals surface area contributed by atoms with E-state index in [0.29, 0.717) is 12.0 Å². The van der Waals surface area contributed by atoms with E-state index in [4.69, 9.17) is 5.73 Å². The van der Waals surface area contributed by atoms with Crippen LogP contribution in [0.15, 0.2) is 6.20 Å². The lowest BCUT2D eigenvalue weighted by Gasteiger charge is -2.15. The molecule has 1 saturated carbocycles. The van der Waals surface area contributed by atoms with Gasteiger partial charge in [0.15, 0.2) is 0 Å². The molecule has 0 saturated heterocycles. The van der Waals surface area contributed by atoms with Crippen LogP contribution in [-0.2, 0) is 6.54 Å². The Hall–Kier alpha value is -0.450. The smallest absolute Gasteiger partial charge is 0.107 e. The van der Waals surface area contributed by atoms with Crippen LogP contribution in [0.2, 0.25) is 0 Å². The van der Waals surface area contributed by atoms with E-state index in [2.05, 4.69) is 17.2 Å². The van der Waals surface area contributed by atoms with Crippen LogP contribution in [-0.4, -0.2) is 17.6 Å². The number of hydrogen-bond donors (Lipinski definition) is 2. The van der Waals surface area contributed by atoms with Gasteiger partial charge in [0.2, 0.25) is 0 Å². The van der Waals surface area contributed by atoms with Crippen LogP contribution in [0, 0.1) is 12.8 Å². The summed E-state index contributed by atoms with van der Waals surface area (Å²) >= 11 is 1.77. The van der Waals surface area contributed by atoms with Crippen LogP contribution in [0.1, 0.15) is 29.1 Å².